The van der Waals surface area contributed by atoms with Crippen LogP contribution in [-0.4, -0.2) is 60.9 Å². The van der Waals surface area contributed by atoms with E-state index in [2.05, 4.69) is 41.3 Å². The van der Waals surface area contributed by atoms with Gasteiger partial charge in [-0.3, -0.25) is 4.90 Å². The molecule has 1 aromatic rings. The van der Waals surface area contributed by atoms with Gasteiger partial charge in [-0.1, -0.05) is 37.0 Å². The summed E-state index contributed by atoms with van der Waals surface area (Å²) in [5.41, 5.74) is 0.978. The van der Waals surface area contributed by atoms with Gasteiger partial charge >= 0.3 is 0 Å². The van der Waals surface area contributed by atoms with E-state index in [0.717, 1.165) is 51.0 Å². The van der Waals surface area contributed by atoms with E-state index >= 15 is 0 Å². The second-order valence-electron chi connectivity index (χ2n) is 6.87. The van der Waals surface area contributed by atoms with Crippen molar-refractivity contribution >= 4 is 29.2 Å². The molecule has 6 nitrogen and oxygen atoms in total. The van der Waals surface area contributed by atoms with E-state index in [1.807, 2.05) is 17.7 Å². The lowest BCUT2D eigenvalue weighted by Gasteiger charge is -2.37. The molecule has 0 spiro atoms. The van der Waals surface area contributed by atoms with Crippen molar-refractivity contribution in [3.8, 4) is 0 Å². The molecule has 2 heterocycles. The van der Waals surface area contributed by atoms with E-state index in [0.29, 0.717) is 28.7 Å². The van der Waals surface area contributed by atoms with E-state index in [-0.39, 0.29) is 0 Å². The number of ether oxygens (including phenoxy) is 1. The molecular weight excluding hydrogens is 373 g/mol. The van der Waals surface area contributed by atoms with Crippen molar-refractivity contribution in [2.45, 2.75) is 33.4 Å². The number of morpholine rings is 1. The van der Waals surface area contributed by atoms with Crippen LogP contribution in [0.5, 0.6) is 0 Å². The third-order valence-electron chi connectivity index (χ3n) is 4.72. The maximum Gasteiger partial charge on any atom is 0.191 e. The molecule has 0 amide bonds. The molecule has 1 saturated heterocycles. The maximum atomic E-state index is 6.13. The van der Waals surface area contributed by atoms with Crippen LogP contribution in [0, 0.1) is 5.92 Å². The van der Waals surface area contributed by atoms with Crippen LogP contribution in [-0.2, 0) is 18.3 Å². The molecule has 2 N–H and O–H groups in total. The molecule has 1 aliphatic heterocycles. The third kappa shape index (κ3) is 5.78. The zero-order chi connectivity index (χ0) is 19.1. The average Bonchev–Trinajstić information content (AvgIpc) is 2.87. The average molecular weight is 404 g/mol. The van der Waals surface area contributed by atoms with Crippen LogP contribution in [0.2, 0.25) is 10.2 Å². The molecule has 0 aromatic carbocycles. The number of halogens is 2. The van der Waals surface area contributed by atoms with E-state index in [9.17, 15) is 0 Å². The fraction of sp³-hybridized carbons (Fsp3) is 0.722. The predicted molar refractivity (Wildman–Crippen MR) is 109 cm³/mol. The number of aromatic nitrogens is 1. The number of guanidine groups is 1. The summed E-state index contributed by atoms with van der Waals surface area (Å²) in [5, 5.41) is 7.91. The Morgan fingerprint density at radius 3 is 2.50 bits per heavy atom. The number of rotatable bonds is 7. The van der Waals surface area contributed by atoms with Crippen LogP contribution in [0.1, 0.15) is 26.5 Å². The minimum Gasteiger partial charge on any atom is -0.379 e. The number of hydrogen-bond donors (Lipinski definition) is 2. The molecule has 26 heavy (non-hydrogen) atoms. The first kappa shape index (κ1) is 21.4. The zero-order valence-corrected chi connectivity index (χ0v) is 17.7. The summed E-state index contributed by atoms with van der Waals surface area (Å²) in [5.74, 6) is 1.36. The maximum absolute atomic E-state index is 6.13. The van der Waals surface area contributed by atoms with Crippen molar-refractivity contribution in [2.24, 2.45) is 18.0 Å². The normalized spacial score (nSPS) is 17.6. The molecule has 8 heteroatoms. The van der Waals surface area contributed by atoms with Gasteiger partial charge in [0.1, 0.15) is 5.15 Å². The van der Waals surface area contributed by atoms with Gasteiger partial charge in [-0.2, -0.15) is 0 Å². The van der Waals surface area contributed by atoms with Crippen molar-refractivity contribution in [2.75, 3.05) is 39.4 Å². The first-order chi connectivity index (χ1) is 12.4. The summed E-state index contributed by atoms with van der Waals surface area (Å²) in [7, 11) is 1.90. The van der Waals surface area contributed by atoms with Crippen molar-refractivity contribution in [1.82, 2.24) is 20.1 Å². The molecule has 0 radical (unpaired) electrons. The summed E-state index contributed by atoms with van der Waals surface area (Å²) in [6.07, 6.45) is 0. The van der Waals surface area contributed by atoms with Gasteiger partial charge in [-0.15, -0.1) is 0 Å². The van der Waals surface area contributed by atoms with Crippen LogP contribution >= 0.6 is 23.2 Å². The van der Waals surface area contributed by atoms with Gasteiger partial charge in [-0.05, 0) is 18.9 Å². The highest BCUT2D eigenvalue weighted by Crippen LogP contribution is 2.25. The Hall–Kier alpha value is -0.950. The number of aliphatic imine (C=N–C) groups is 1. The Bertz CT molecular complexity index is 597. The molecule has 1 fully saturated rings. The fourth-order valence-corrected chi connectivity index (χ4v) is 3.56. The second kappa shape index (κ2) is 10.4. The van der Waals surface area contributed by atoms with Gasteiger partial charge in [-0.25, -0.2) is 4.99 Å². The smallest absolute Gasteiger partial charge is 0.191 e. The SMILES string of the molecule is CCNC(=NCc1cc(Cl)c(Cl)n1C)NCC(C(C)C)N1CCOCC1. The van der Waals surface area contributed by atoms with E-state index < -0.39 is 0 Å². The summed E-state index contributed by atoms with van der Waals surface area (Å²) >= 11 is 12.2. The summed E-state index contributed by atoms with van der Waals surface area (Å²) in [4.78, 5) is 7.19. The van der Waals surface area contributed by atoms with E-state index in [1.54, 1.807) is 0 Å². The van der Waals surface area contributed by atoms with Crippen LogP contribution in [0.3, 0.4) is 0 Å². The monoisotopic (exact) mass is 403 g/mol. The van der Waals surface area contributed by atoms with Crippen LogP contribution < -0.4 is 10.6 Å². The van der Waals surface area contributed by atoms with Gasteiger partial charge in [0.05, 0.1) is 24.8 Å². The number of nitrogens with one attached hydrogen (secondary N) is 2. The Labute approximate surface area is 166 Å². The zero-order valence-electron chi connectivity index (χ0n) is 16.2. The van der Waals surface area contributed by atoms with Gasteiger partial charge in [0.15, 0.2) is 5.96 Å². The molecule has 0 saturated carbocycles. The highest BCUT2D eigenvalue weighted by molar-refractivity contribution is 6.41. The second-order valence-corrected chi connectivity index (χ2v) is 7.63. The highest BCUT2D eigenvalue weighted by Gasteiger charge is 2.23. The van der Waals surface area contributed by atoms with Gasteiger partial charge in [0.2, 0.25) is 0 Å². The van der Waals surface area contributed by atoms with Crippen molar-refractivity contribution in [3.05, 3.63) is 21.9 Å². The Kier molecular flexibility index (Phi) is 8.54. The quantitative estimate of drug-likeness (QED) is 0.542. The lowest BCUT2D eigenvalue weighted by Crippen LogP contribution is -2.52. The van der Waals surface area contributed by atoms with E-state index in [4.69, 9.17) is 27.9 Å². The standard InChI is InChI=1S/C18H31Cl2N5O/c1-5-21-18(22-11-14-10-15(19)17(20)24(14)4)23-12-16(13(2)3)25-6-8-26-9-7-25/h10,13,16H,5-9,11-12H2,1-4H3,(H2,21,22,23). The predicted octanol–water partition coefficient (Wildman–Crippen LogP) is 2.74. The van der Waals surface area contributed by atoms with Crippen molar-refractivity contribution in [3.63, 3.8) is 0 Å². The molecule has 1 aromatic heterocycles. The van der Waals surface area contributed by atoms with Crippen molar-refractivity contribution < 1.29 is 4.74 Å². The highest BCUT2D eigenvalue weighted by atomic mass is 35.5. The fourth-order valence-electron chi connectivity index (χ4n) is 3.14. The summed E-state index contributed by atoms with van der Waals surface area (Å²) in [6, 6.07) is 2.31. The first-order valence-corrected chi connectivity index (χ1v) is 10.0. The molecule has 1 unspecified atom stereocenters. The lowest BCUT2D eigenvalue weighted by molar-refractivity contribution is 0.00752. The minimum atomic E-state index is 0.446. The minimum absolute atomic E-state index is 0.446. The number of hydrogen-bond acceptors (Lipinski definition) is 3. The largest absolute Gasteiger partial charge is 0.379 e. The van der Waals surface area contributed by atoms with Crippen LogP contribution in [0.15, 0.2) is 11.1 Å². The molecule has 1 aliphatic rings. The molecule has 0 aliphatic carbocycles. The molecule has 1 atom stereocenters. The Balaban J connectivity index is 2.00. The van der Waals surface area contributed by atoms with Crippen LogP contribution in [0.25, 0.3) is 0 Å². The molecule has 0 bridgehead atoms. The molecule has 148 valence electrons. The summed E-state index contributed by atoms with van der Waals surface area (Å²) in [6.45, 7) is 12.4. The topological polar surface area (TPSA) is 53.8 Å². The Morgan fingerprint density at radius 2 is 1.96 bits per heavy atom. The summed E-state index contributed by atoms with van der Waals surface area (Å²) < 4.78 is 7.34. The van der Waals surface area contributed by atoms with Gasteiger partial charge < -0.3 is 19.9 Å². The number of nitrogens with zero attached hydrogens (tertiary/aromatic N) is 3. The van der Waals surface area contributed by atoms with Gasteiger partial charge in [0.25, 0.3) is 0 Å². The van der Waals surface area contributed by atoms with E-state index in [1.165, 1.54) is 0 Å². The lowest BCUT2D eigenvalue weighted by atomic mass is 10.0. The van der Waals surface area contributed by atoms with Crippen LogP contribution in [0.4, 0.5) is 0 Å². The third-order valence-corrected chi connectivity index (χ3v) is 5.56. The Morgan fingerprint density at radius 1 is 1.27 bits per heavy atom. The van der Waals surface area contributed by atoms with Gasteiger partial charge in [0, 0.05) is 45.0 Å². The molecular formula is C18H31Cl2N5O. The van der Waals surface area contributed by atoms with Crippen molar-refractivity contribution in [1.29, 1.82) is 0 Å². The molecule has 2 rings (SSSR count). The first-order valence-electron chi connectivity index (χ1n) is 9.27.